The topological polar surface area (TPSA) is 52.9 Å². The number of amides is 1. The lowest BCUT2D eigenvalue weighted by Crippen LogP contribution is -2.40. The molecule has 0 saturated carbocycles. The molecule has 0 heterocycles. The molecule has 0 aliphatic rings. The zero-order chi connectivity index (χ0) is 13.1. The van der Waals surface area contributed by atoms with Gasteiger partial charge in [-0.15, -0.1) is 0 Å². The quantitative estimate of drug-likeness (QED) is 0.902. The molecule has 5 heteroatoms. The summed E-state index contributed by atoms with van der Waals surface area (Å²) >= 11 is 5.68. The lowest BCUT2D eigenvalue weighted by Gasteiger charge is -2.26. The molecule has 0 spiro atoms. The van der Waals surface area contributed by atoms with Crippen LogP contribution in [0.25, 0.3) is 0 Å². The number of benzene rings is 1. The molecule has 0 bridgehead atoms. The summed E-state index contributed by atoms with van der Waals surface area (Å²) in [6, 6.07) is 6.02. The third-order valence-corrected chi connectivity index (χ3v) is 2.62. The normalized spacial score (nSPS) is 10.8. The number of rotatable bonds is 3. The largest absolute Gasteiger partial charge is 0.346 e. The molecule has 0 aliphatic carbocycles. The summed E-state index contributed by atoms with van der Waals surface area (Å²) in [6.07, 6.45) is -0.210. The third-order valence-electron chi connectivity index (χ3n) is 2.33. The van der Waals surface area contributed by atoms with Crippen LogP contribution in [0.5, 0.6) is 0 Å². The van der Waals surface area contributed by atoms with Crippen molar-refractivity contribution in [2.24, 2.45) is 0 Å². The fourth-order valence-corrected chi connectivity index (χ4v) is 1.60. The van der Waals surface area contributed by atoms with Gasteiger partial charge in [0, 0.05) is 0 Å². The highest BCUT2D eigenvalue weighted by Gasteiger charge is 2.23. The summed E-state index contributed by atoms with van der Waals surface area (Å²) < 4.78 is 13.0. The van der Waals surface area contributed by atoms with Gasteiger partial charge in [0.1, 0.15) is 12.2 Å². The van der Waals surface area contributed by atoms with Crippen molar-refractivity contribution in [3.63, 3.8) is 0 Å². The molecule has 0 radical (unpaired) electrons. The second kappa shape index (κ2) is 5.15. The minimum absolute atomic E-state index is 0.00473. The van der Waals surface area contributed by atoms with Crippen LogP contribution in [0.15, 0.2) is 18.2 Å². The molecule has 1 N–H and O–H groups in total. The molecule has 17 heavy (non-hydrogen) atoms. The maximum atomic E-state index is 13.0. The number of carbonyl (C=O) groups is 1. The average molecular weight is 255 g/mol. The van der Waals surface area contributed by atoms with Gasteiger partial charge in [0.25, 0.3) is 0 Å². The van der Waals surface area contributed by atoms with Crippen LogP contribution >= 0.6 is 11.6 Å². The number of hydrogen-bond donors (Lipinski definition) is 1. The van der Waals surface area contributed by atoms with E-state index in [1.165, 1.54) is 12.1 Å². The molecule has 0 unspecified atom stereocenters. The minimum atomic E-state index is -0.703. The van der Waals surface area contributed by atoms with Crippen LogP contribution in [0.2, 0.25) is 5.02 Å². The smallest absolute Gasteiger partial charge is 0.234 e. The Labute approximate surface area is 104 Å². The van der Waals surface area contributed by atoms with Crippen LogP contribution in [0.1, 0.15) is 25.8 Å². The van der Waals surface area contributed by atoms with Crippen LogP contribution in [0, 0.1) is 17.1 Å². The summed E-state index contributed by atoms with van der Waals surface area (Å²) in [4.78, 5) is 11.3. The van der Waals surface area contributed by atoms with Crippen molar-refractivity contribution in [3.05, 3.63) is 34.6 Å². The molecule has 0 saturated heterocycles. The molecule has 1 aromatic rings. The second-order valence-electron chi connectivity index (χ2n) is 4.14. The van der Waals surface area contributed by atoms with Crippen molar-refractivity contribution < 1.29 is 9.18 Å². The first kappa shape index (κ1) is 13.5. The Morgan fingerprint density at radius 3 is 2.76 bits per heavy atom. The zero-order valence-electron chi connectivity index (χ0n) is 9.55. The molecule has 1 amide bonds. The summed E-state index contributed by atoms with van der Waals surface area (Å²) in [5.74, 6) is -0.882. The summed E-state index contributed by atoms with van der Waals surface area (Å²) in [5, 5.41) is 11.1. The molecule has 0 fully saturated rings. The van der Waals surface area contributed by atoms with E-state index in [9.17, 15) is 9.18 Å². The lowest BCUT2D eigenvalue weighted by atomic mass is 9.94. The second-order valence-corrected chi connectivity index (χ2v) is 4.54. The van der Waals surface area contributed by atoms with Crippen molar-refractivity contribution in [3.8, 4) is 6.07 Å². The average Bonchev–Trinajstić information content (AvgIpc) is 2.21. The predicted molar refractivity (Wildman–Crippen MR) is 62.8 cm³/mol. The van der Waals surface area contributed by atoms with Crippen LogP contribution in [0.3, 0.4) is 0 Å². The first-order chi connectivity index (χ1) is 7.86. The number of hydrogen-bond acceptors (Lipinski definition) is 2. The van der Waals surface area contributed by atoms with Crippen LogP contribution in [-0.4, -0.2) is 5.91 Å². The molecule has 1 rings (SSSR count). The Morgan fingerprint density at radius 1 is 1.59 bits per heavy atom. The molecular formula is C12H12ClFN2O. The van der Waals surface area contributed by atoms with Gasteiger partial charge >= 0.3 is 0 Å². The van der Waals surface area contributed by atoms with Gasteiger partial charge in [-0.3, -0.25) is 4.79 Å². The highest BCUT2D eigenvalue weighted by molar-refractivity contribution is 6.30. The first-order valence-electron chi connectivity index (χ1n) is 5.00. The van der Waals surface area contributed by atoms with Gasteiger partial charge in [0.2, 0.25) is 5.91 Å². The Bertz CT molecular complexity index is 480. The van der Waals surface area contributed by atoms with E-state index in [1.54, 1.807) is 26.0 Å². The maximum Gasteiger partial charge on any atom is 0.234 e. The predicted octanol–water partition coefficient (Wildman–Crippen LogP) is 2.74. The van der Waals surface area contributed by atoms with Crippen molar-refractivity contribution in [2.75, 3.05) is 0 Å². The molecule has 0 atom stereocenters. The van der Waals surface area contributed by atoms with Gasteiger partial charge in [-0.1, -0.05) is 17.7 Å². The van der Waals surface area contributed by atoms with Gasteiger partial charge in [0.15, 0.2) is 0 Å². The van der Waals surface area contributed by atoms with Gasteiger partial charge < -0.3 is 5.32 Å². The number of nitrogens with zero attached hydrogens (tertiary/aromatic N) is 1. The third kappa shape index (κ3) is 3.43. The van der Waals surface area contributed by atoms with Crippen LogP contribution in [0.4, 0.5) is 4.39 Å². The molecule has 1 aromatic carbocycles. The van der Waals surface area contributed by atoms with Gasteiger partial charge in [-0.2, -0.15) is 5.26 Å². The van der Waals surface area contributed by atoms with Gasteiger partial charge in [-0.25, -0.2) is 4.39 Å². The van der Waals surface area contributed by atoms with Crippen LogP contribution < -0.4 is 5.32 Å². The van der Waals surface area contributed by atoms with Gasteiger partial charge in [0.05, 0.1) is 16.6 Å². The van der Waals surface area contributed by atoms with Crippen molar-refractivity contribution in [1.82, 2.24) is 5.32 Å². The lowest BCUT2D eigenvalue weighted by molar-refractivity contribution is -0.121. The Balaban J connectivity index is 2.93. The fourth-order valence-electron chi connectivity index (χ4n) is 1.42. The van der Waals surface area contributed by atoms with Gasteiger partial charge in [-0.05, 0) is 31.5 Å². The zero-order valence-corrected chi connectivity index (χ0v) is 10.3. The molecule has 3 nitrogen and oxygen atoms in total. The van der Waals surface area contributed by atoms with E-state index >= 15 is 0 Å². The first-order valence-corrected chi connectivity index (χ1v) is 5.38. The summed E-state index contributed by atoms with van der Waals surface area (Å²) in [5.41, 5.74) is -0.0270. The maximum absolute atomic E-state index is 13.0. The van der Waals surface area contributed by atoms with Crippen molar-refractivity contribution in [1.29, 1.82) is 5.26 Å². The molecule has 90 valence electrons. The van der Waals surface area contributed by atoms with E-state index < -0.39 is 11.4 Å². The van der Waals surface area contributed by atoms with E-state index in [2.05, 4.69) is 5.32 Å². The number of nitriles is 1. The van der Waals surface area contributed by atoms with E-state index in [1.807, 2.05) is 0 Å². The van der Waals surface area contributed by atoms with E-state index in [4.69, 9.17) is 16.9 Å². The molecule has 0 aliphatic heterocycles. The van der Waals surface area contributed by atoms with E-state index in [0.29, 0.717) is 5.56 Å². The fraction of sp³-hybridized carbons (Fsp3) is 0.333. The highest BCUT2D eigenvalue weighted by atomic mass is 35.5. The van der Waals surface area contributed by atoms with E-state index in [-0.39, 0.29) is 17.4 Å². The van der Waals surface area contributed by atoms with Crippen molar-refractivity contribution >= 4 is 17.5 Å². The number of nitrogens with one attached hydrogen (secondary N) is 1. The Morgan fingerprint density at radius 2 is 2.24 bits per heavy atom. The summed E-state index contributed by atoms with van der Waals surface area (Å²) in [6.45, 7) is 3.51. The Hall–Kier alpha value is -1.60. The molecule has 0 aromatic heterocycles. The standard InChI is InChI=1S/C12H12ClFN2O/c1-12(2,16-11(17)5-6-15)8-3-4-10(14)9(13)7-8/h3-4,7H,5H2,1-2H3,(H,16,17). The summed E-state index contributed by atoms with van der Waals surface area (Å²) in [7, 11) is 0. The highest BCUT2D eigenvalue weighted by Crippen LogP contribution is 2.25. The SMILES string of the molecule is CC(C)(NC(=O)CC#N)c1ccc(F)c(Cl)c1. The molecular weight excluding hydrogens is 243 g/mol. The minimum Gasteiger partial charge on any atom is -0.346 e. The number of halogens is 2. The monoisotopic (exact) mass is 254 g/mol. The van der Waals surface area contributed by atoms with Crippen LogP contribution in [-0.2, 0) is 10.3 Å². The van der Waals surface area contributed by atoms with Crippen molar-refractivity contribution in [2.45, 2.75) is 25.8 Å². The van der Waals surface area contributed by atoms with E-state index in [0.717, 1.165) is 0 Å². The Kier molecular flexibility index (Phi) is 4.08. The number of carbonyl (C=O) groups excluding carboxylic acids is 1.